The predicted molar refractivity (Wildman–Crippen MR) is 109 cm³/mol. The van der Waals surface area contributed by atoms with E-state index >= 15 is 0 Å². The summed E-state index contributed by atoms with van der Waals surface area (Å²) in [6.07, 6.45) is 4.01. The normalized spacial score (nSPS) is 16.5. The van der Waals surface area contributed by atoms with Gasteiger partial charge in [-0.25, -0.2) is 0 Å². The van der Waals surface area contributed by atoms with Gasteiger partial charge in [0.05, 0.1) is 5.41 Å². The molecule has 3 rings (SSSR count). The number of halogens is 1. The highest BCUT2D eigenvalue weighted by molar-refractivity contribution is 6.30. The number of rotatable bonds is 7. The van der Waals surface area contributed by atoms with Crippen LogP contribution in [-0.4, -0.2) is 46.1 Å². The fraction of sp³-hybridized carbons (Fsp3) is 0.476. The van der Waals surface area contributed by atoms with Gasteiger partial charge in [-0.2, -0.15) is 5.10 Å². The minimum absolute atomic E-state index is 0.00643. The maximum absolute atomic E-state index is 13.0. The lowest BCUT2D eigenvalue weighted by atomic mass is 9.73. The van der Waals surface area contributed by atoms with E-state index in [-0.39, 0.29) is 17.9 Å². The molecule has 2 amide bonds. The average Bonchev–Trinajstić information content (AvgIpc) is 3.17. The lowest BCUT2D eigenvalue weighted by molar-refractivity contribution is -0.155. The van der Waals surface area contributed by atoms with Crippen LogP contribution in [0.4, 0.5) is 0 Å². The third kappa shape index (κ3) is 4.38. The van der Waals surface area contributed by atoms with Crippen LogP contribution in [0.1, 0.15) is 32.4 Å². The maximum Gasteiger partial charge on any atom is 0.247 e. The lowest BCUT2D eigenvalue weighted by Crippen LogP contribution is -2.66. The fourth-order valence-electron chi connectivity index (χ4n) is 3.54. The molecule has 0 saturated carbocycles. The molecule has 2 heterocycles. The molecule has 2 aromatic rings. The van der Waals surface area contributed by atoms with E-state index in [1.54, 1.807) is 28.0 Å². The van der Waals surface area contributed by atoms with Crippen molar-refractivity contribution < 1.29 is 9.59 Å². The van der Waals surface area contributed by atoms with Crippen LogP contribution in [0.25, 0.3) is 0 Å². The molecule has 1 atom stereocenters. The Kier molecular flexibility index (Phi) is 6.08. The lowest BCUT2D eigenvalue weighted by Gasteiger charge is -2.49. The Hall–Kier alpha value is -2.34. The number of aromatic nitrogens is 2. The second kappa shape index (κ2) is 8.35. The van der Waals surface area contributed by atoms with Gasteiger partial charge in [0.1, 0.15) is 6.04 Å². The predicted octanol–water partition coefficient (Wildman–Crippen LogP) is 2.94. The average molecular weight is 403 g/mol. The first-order valence-electron chi connectivity index (χ1n) is 9.61. The fourth-order valence-corrected chi connectivity index (χ4v) is 3.67. The molecule has 1 saturated heterocycles. The SMILES string of the molecule is CC(C)CNC(=O)C1(Cc2ccc(Cl)cc2)CN(C(=O)C(C)n2cccn2)C1. The number of hydrogen-bond acceptors (Lipinski definition) is 3. The van der Waals surface area contributed by atoms with Gasteiger partial charge in [0.25, 0.3) is 0 Å². The highest BCUT2D eigenvalue weighted by atomic mass is 35.5. The van der Waals surface area contributed by atoms with Gasteiger partial charge in [-0.1, -0.05) is 37.6 Å². The standard InChI is InChI=1S/C21H27ClN4O2/c1-15(2)12-23-20(28)21(11-17-5-7-18(22)8-6-17)13-25(14-21)19(27)16(3)26-10-4-9-24-26/h4-10,15-16H,11-14H2,1-3H3,(H,23,28). The van der Waals surface area contributed by atoms with E-state index in [2.05, 4.69) is 24.3 Å². The molecule has 150 valence electrons. The van der Waals surface area contributed by atoms with Crippen molar-refractivity contribution in [1.29, 1.82) is 0 Å². The Bertz CT molecular complexity index is 811. The Labute approximate surface area is 170 Å². The Morgan fingerprint density at radius 3 is 2.46 bits per heavy atom. The van der Waals surface area contributed by atoms with E-state index in [1.165, 1.54) is 0 Å². The quantitative estimate of drug-likeness (QED) is 0.774. The van der Waals surface area contributed by atoms with E-state index in [0.717, 1.165) is 5.56 Å². The van der Waals surface area contributed by atoms with Crippen molar-refractivity contribution in [3.05, 3.63) is 53.3 Å². The molecule has 1 aromatic heterocycles. The molecular weight excluding hydrogens is 376 g/mol. The molecule has 1 aliphatic rings. The number of carbonyl (C=O) groups excluding carboxylic acids is 2. The van der Waals surface area contributed by atoms with Gasteiger partial charge in [0.2, 0.25) is 11.8 Å². The number of likely N-dealkylation sites (tertiary alicyclic amines) is 1. The first-order chi connectivity index (χ1) is 13.3. The molecule has 28 heavy (non-hydrogen) atoms. The molecule has 1 fully saturated rings. The third-order valence-corrected chi connectivity index (χ3v) is 5.44. The van der Waals surface area contributed by atoms with Gasteiger partial charge in [0.15, 0.2) is 0 Å². The van der Waals surface area contributed by atoms with E-state index in [0.29, 0.717) is 37.0 Å². The number of nitrogens with zero attached hydrogens (tertiary/aromatic N) is 3. The highest BCUT2D eigenvalue weighted by Gasteiger charge is 2.51. The van der Waals surface area contributed by atoms with Crippen molar-refractivity contribution in [3.8, 4) is 0 Å². The second-order valence-corrected chi connectivity index (χ2v) is 8.48. The van der Waals surface area contributed by atoms with Crippen molar-refractivity contribution in [2.45, 2.75) is 33.2 Å². The Morgan fingerprint density at radius 2 is 1.89 bits per heavy atom. The summed E-state index contributed by atoms with van der Waals surface area (Å²) in [6, 6.07) is 8.95. The smallest absolute Gasteiger partial charge is 0.247 e. The number of benzene rings is 1. The van der Waals surface area contributed by atoms with Crippen molar-refractivity contribution in [1.82, 2.24) is 20.0 Å². The van der Waals surface area contributed by atoms with Crippen LogP contribution in [0, 0.1) is 11.3 Å². The first kappa shape index (κ1) is 20.4. The summed E-state index contributed by atoms with van der Waals surface area (Å²) in [5.41, 5.74) is 0.429. The monoisotopic (exact) mass is 402 g/mol. The number of amides is 2. The third-order valence-electron chi connectivity index (χ3n) is 5.19. The van der Waals surface area contributed by atoms with E-state index < -0.39 is 5.41 Å². The largest absolute Gasteiger partial charge is 0.355 e. The van der Waals surface area contributed by atoms with Crippen LogP contribution in [0.3, 0.4) is 0 Å². The van der Waals surface area contributed by atoms with Crippen LogP contribution < -0.4 is 5.32 Å². The summed E-state index contributed by atoms with van der Waals surface area (Å²) in [4.78, 5) is 27.6. The van der Waals surface area contributed by atoms with Crippen LogP contribution in [0.2, 0.25) is 5.02 Å². The first-order valence-corrected chi connectivity index (χ1v) is 9.99. The molecule has 0 radical (unpaired) electrons. The molecule has 1 aliphatic heterocycles. The Morgan fingerprint density at radius 1 is 1.21 bits per heavy atom. The molecule has 1 aromatic carbocycles. The van der Waals surface area contributed by atoms with Gasteiger partial charge in [-0.15, -0.1) is 0 Å². The summed E-state index contributed by atoms with van der Waals surface area (Å²) in [6.45, 7) is 7.39. The molecular formula is C21H27ClN4O2. The zero-order valence-electron chi connectivity index (χ0n) is 16.6. The topological polar surface area (TPSA) is 67.2 Å². The summed E-state index contributed by atoms with van der Waals surface area (Å²) in [7, 11) is 0. The van der Waals surface area contributed by atoms with Crippen LogP contribution in [0.15, 0.2) is 42.7 Å². The van der Waals surface area contributed by atoms with E-state index in [4.69, 9.17) is 11.6 Å². The molecule has 0 spiro atoms. The van der Waals surface area contributed by atoms with E-state index in [1.807, 2.05) is 31.2 Å². The van der Waals surface area contributed by atoms with Crippen molar-refractivity contribution in [3.63, 3.8) is 0 Å². The summed E-state index contributed by atoms with van der Waals surface area (Å²) in [5.74, 6) is 0.355. The molecule has 0 aliphatic carbocycles. The van der Waals surface area contributed by atoms with Gasteiger partial charge in [-0.3, -0.25) is 14.3 Å². The van der Waals surface area contributed by atoms with Gasteiger partial charge >= 0.3 is 0 Å². The zero-order valence-corrected chi connectivity index (χ0v) is 17.3. The van der Waals surface area contributed by atoms with Gasteiger partial charge in [-0.05, 0) is 43.0 Å². The van der Waals surface area contributed by atoms with E-state index in [9.17, 15) is 9.59 Å². The molecule has 7 heteroatoms. The Balaban J connectivity index is 1.72. The highest BCUT2D eigenvalue weighted by Crippen LogP contribution is 2.36. The van der Waals surface area contributed by atoms with Crippen molar-refractivity contribution in [2.75, 3.05) is 19.6 Å². The van der Waals surface area contributed by atoms with Gasteiger partial charge in [0, 0.05) is 37.1 Å². The van der Waals surface area contributed by atoms with Crippen LogP contribution in [-0.2, 0) is 16.0 Å². The van der Waals surface area contributed by atoms with Crippen molar-refractivity contribution >= 4 is 23.4 Å². The van der Waals surface area contributed by atoms with Gasteiger partial charge < -0.3 is 10.2 Å². The zero-order chi connectivity index (χ0) is 20.3. The number of nitrogens with one attached hydrogen (secondary N) is 1. The van der Waals surface area contributed by atoms with Crippen molar-refractivity contribution in [2.24, 2.45) is 11.3 Å². The minimum atomic E-state index is -0.609. The summed E-state index contributed by atoms with van der Waals surface area (Å²) >= 11 is 5.99. The molecule has 6 nitrogen and oxygen atoms in total. The molecule has 1 N–H and O–H groups in total. The number of hydrogen-bond donors (Lipinski definition) is 1. The minimum Gasteiger partial charge on any atom is -0.355 e. The summed E-state index contributed by atoms with van der Waals surface area (Å²) < 4.78 is 1.64. The molecule has 1 unspecified atom stereocenters. The number of carbonyl (C=O) groups is 2. The maximum atomic E-state index is 13.0. The second-order valence-electron chi connectivity index (χ2n) is 8.04. The van der Waals surface area contributed by atoms with Crippen LogP contribution in [0.5, 0.6) is 0 Å². The molecule has 0 bridgehead atoms. The van der Waals surface area contributed by atoms with Crippen LogP contribution >= 0.6 is 11.6 Å². The summed E-state index contributed by atoms with van der Waals surface area (Å²) in [5, 5.41) is 7.87.